The zero-order valence-electron chi connectivity index (χ0n) is 13.8. The van der Waals surface area contributed by atoms with Gasteiger partial charge >= 0.3 is 0 Å². The molecule has 3 fully saturated rings. The van der Waals surface area contributed by atoms with Gasteiger partial charge in [-0.2, -0.15) is 0 Å². The van der Waals surface area contributed by atoms with E-state index in [0.29, 0.717) is 5.54 Å². The third-order valence-electron chi connectivity index (χ3n) is 6.32. The molecule has 0 aliphatic carbocycles. The molecule has 1 unspecified atom stereocenters. The SMILES string of the molecule is CCC(C)(C)N1CCC(N2CCN3CCCC3C2)CC1. The number of hydrogen-bond acceptors (Lipinski definition) is 3. The fourth-order valence-electron chi connectivity index (χ4n) is 4.41. The summed E-state index contributed by atoms with van der Waals surface area (Å²) in [5.74, 6) is 0. The molecule has 3 aliphatic heterocycles. The van der Waals surface area contributed by atoms with Gasteiger partial charge in [0.1, 0.15) is 0 Å². The van der Waals surface area contributed by atoms with Crippen molar-refractivity contribution in [2.75, 3.05) is 39.3 Å². The van der Waals surface area contributed by atoms with Gasteiger partial charge in [0.25, 0.3) is 0 Å². The highest BCUT2D eigenvalue weighted by atomic mass is 15.3. The number of likely N-dealkylation sites (tertiary alicyclic amines) is 1. The standard InChI is InChI=1S/C17H33N3/c1-4-17(2,3)20-10-7-15(8-11-20)19-13-12-18-9-5-6-16(18)14-19/h15-16H,4-14H2,1-3H3. The maximum absolute atomic E-state index is 2.82. The fourth-order valence-corrected chi connectivity index (χ4v) is 4.41. The Hall–Kier alpha value is -0.120. The Labute approximate surface area is 125 Å². The van der Waals surface area contributed by atoms with E-state index in [1.54, 1.807) is 0 Å². The molecule has 0 spiro atoms. The molecule has 1 atom stereocenters. The molecule has 3 nitrogen and oxygen atoms in total. The van der Waals surface area contributed by atoms with Crippen molar-refractivity contribution in [2.45, 2.75) is 70.5 Å². The van der Waals surface area contributed by atoms with Gasteiger partial charge in [0.15, 0.2) is 0 Å². The van der Waals surface area contributed by atoms with E-state index in [9.17, 15) is 0 Å². The average Bonchev–Trinajstić information content (AvgIpc) is 2.94. The maximum Gasteiger partial charge on any atom is 0.0224 e. The summed E-state index contributed by atoms with van der Waals surface area (Å²) in [6, 6.07) is 1.75. The highest BCUT2D eigenvalue weighted by Gasteiger charge is 2.36. The third kappa shape index (κ3) is 2.90. The van der Waals surface area contributed by atoms with Gasteiger partial charge < -0.3 is 0 Å². The van der Waals surface area contributed by atoms with Crippen LogP contribution in [-0.4, -0.2) is 71.6 Å². The van der Waals surface area contributed by atoms with E-state index in [2.05, 4.69) is 35.5 Å². The third-order valence-corrected chi connectivity index (χ3v) is 6.32. The predicted molar refractivity (Wildman–Crippen MR) is 85.1 cm³/mol. The van der Waals surface area contributed by atoms with Crippen molar-refractivity contribution in [1.29, 1.82) is 0 Å². The molecule has 0 bridgehead atoms. The second kappa shape index (κ2) is 5.94. The molecule has 116 valence electrons. The molecular formula is C17H33N3. The van der Waals surface area contributed by atoms with E-state index < -0.39 is 0 Å². The van der Waals surface area contributed by atoms with Gasteiger partial charge in [0.05, 0.1) is 0 Å². The summed E-state index contributed by atoms with van der Waals surface area (Å²) in [6.45, 7) is 15.1. The molecule has 0 aromatic carbocycles. The average molecular weight is 279 g/mol. The summed E-state index contributed by atoms with van der Waals surface area (Å²) < 4.78 is 0. The molecule has 0 saturated carbocycles. The van der Waals surface area contributed by atoms with Crippen molar-refractivity contribution in [3.63, 3.8) is 0 Å². The van der Waals surface area contributed by atoms with Gasteiger partial charge in [-0.1, -0.05) is 6.92 Å². The van der Waals surface area contributed by atoms with Gasteiger partial charge in [-0.25, -0.2) is 0 Å². The minimum Gasteiger partial charge on any atom is -0.298 e. The van der Waals surface area contributed by atoms with E-state index in [1.165, 1.54) is 71.4 Å². The predicted octanol–water partition coefficient (Wildman–Crippen LogP) is 2.42. The van der Waals surface area contributed by atoms with E-state index in [1.807, 2.05) is 0 Å². The Morgan fingerprint density at radius 2 is 1.55 bits per heavy atom. The molecule has 0 aromatic rings. The highest BCUT2D eigenvalue weighted by molar-refractivity contribution is 4.92. The molecule has 0 aromatic heterocycles. The van der Waals surface area contributed by atoms with Gasteiger partial charge in [0, 0.05) is 50.3 Å². The molecule has 20 heavy (non-hydrogen) atoms. The number of rotatable bonds is 3. The summed E-state index contributed by atoms with van der Waals surface area (Å²) in [4.78, 5) is 8.27. The maximum atomic E-state index is 2.82. The lowest BCUT2D eigenvalue weighted by atomic mass is 9.93. The zero-order chi connectivity index (χ0) is 14.2. The van der Waals surface area contributed by atoms with Crippen LogP contribution in [0.4, 0.5) is 0 Å². The van der Waals surface area contributed by atoms with Crippen molar-refractivity contribution in [3.8, 4) is 0 Å². The minimum absolute atomic E-state index is 0.398. The fraction of sp³-hybridized carbons (Fsp3) is 1.00. The van der Waals surface area contributed by atoms with Crippen molar-refractivity contribution in [3.05, 3.63) is 0 Å². The molecule has 3 aliphatic rings. The first kappa shape index (κ1) is 14.8. The Kier molecular flexibility index (Phi) is 4.40. The van der Waals surface area contributed by atoms with E-state index >= 15 is 0 Å². The minimum atomic E-state index is 0.398. The molecule has 0 radical (unpaired) electrons. The van der Waals surface area contributed by atoms with Crippen LogP contribution >= 0.6 is 0 Å². The lowest BCUT2D eigenvalue weighted by Crippen LogP contribution is -2.57. The van der Waals surface area contributed by atoms with Crippen LogP contribution in [0.1, 0.15) is 52.9 Å². The summed E-state index contributed by atoms with van der Waals surface area (Å²) in [6.07, 6.45) is 6.91. The van der Waals surface area contributed by atoms with Crippen LogP contribution in [0.25, 0.3) is 0 Å². The Morgan fingerprint density at radius 3 is 2.25 bits per heavy atom. The number of piperidine rings is 1. The first-order valence-corrected chi connectivity index (χ1v) is 8.83. The largest absolute Gasteiger partial charge is 0.298 e. The Balaban J connectivity index is 1.51. The van der Waals surface area contributed by atoms with Crippen molar-refractivity contribution < 1.29 is 0 Å². The van der Waals surface area contributed by atoms with Crippen LogP contribution in [-0.2, 0) is 0 Å². The Morgan fingerprint density at radius 1 is 0.850 bits per heavy atom. The van der Waals surface area contributed by atoms with E-state index in [-0.39, 0.29) is 0 Å². The second-order valence-electron chi connectivity index (χ2n) is 7.71. The van der Waals surface area contributed by atoms with Crippen molar-refractivity contribution in [2.24, 2.45) is 0 Å². The molecule has 0 amide bonds. The lowest BCUT2D eigenvalue weighted by Gasteiger charge is -2.47. The topological polar surface area (TPSA) is 9.72 Å². The zero-order valence-corrected chi connectivity index (χ0v) is 13.8. The molecule has 3 rings (SSSR count). The van der Waals surface area contributed by atoms with Crippen LogP contribution in [0.5, 0.6) is 0 Å². The summed E-state index contributed by atoms with van der Waals surface area (Å²) in [7, 11) is 0. The van der Waals surface area contributed by atoms with Gasteiger partial charge in [0.2, 0.25) is 0 Å². The molecule has 3 heteroatoms. The number of piperazine rings is 1. The number of fused-ring (bicyclic) bond motifs is 1. The number of hydrogen-bond donors (Lipinski definition) is 0. The smallest absolute Gasteiger partial charge is 0.0224 e. The van der Waals surface area contributed by atoms with Crippen LogP contribution in [0.15, 0.2) is 0 Å². The molecule has 0 N–H and O–H groups in total. The first-order chi connectivity index (χ1) is 9.60. The van der Waals surface area contributed by atoms with Gasteiger partial charge in [-0.05, 0) is 52.5 Å². The molecular weight excluding hydrogens is 246 g/mol. The summed E-state index contributed by atoms with van der Waals surface area (Å²) >= 11 is 0. The molecule has 3 heterocycles. The van der Waals surface area contributed by atoms with E-state index in [0.717, 1.165) is 12.1 Å². The summed E-state index contributed by atoms with van der Waals surface area (Å²) in [5.41, 5.74) is 0.398. The Bertz CT molecular complexity index is 320. The van der Waals surface area contributed by atoms with Crippen LogP contribution < -0.4 is 0 Å². The van der Waals surface area contributed by atoms with E-state index in [4.69, 9.17) is 0 Å². The monoisotopic (exact) mass is 279 g/mol. The quantitative estimate of drug-likeness (QED) is 0.785. The van der Waals surface area contributed by atoms with Gasteiger partial charge in [-0.3, -0.25) is 14.7 Å². The normalized spacial score (nSPS) is 31.6. The van der Waals surface area contributed by atoms with Gasteiger partial charge in [-0.15, -0.1) is 0 Å². The van der Waals surface area contributed by atoms with Crippen molar-refractivity contribution >= 4 is 0 Å². The number of nitrogens with zero attached hydrogens (tertiary/aromatic N) is 3. The summed E-state index contributed by atoms with van der Waals surface area (Å²) in [5, 5.41) is 0. The van der Waals surface area contributed by atoms with Crippen LogP contribution in [0, 0.1) is 0 Å². The lowest BCUT2D eigenvalue weighted by molar-refractivity contribution is 0.0159. The molecule has 3 saturated heterocycles. The second-order valence-corrected chi connectivity index (χ2v) is 7.71. The van der Waals surface area contributed by atoms with Crippen LogP contribution in [0.2, 0.25) is 0 Å². The highest BCUT2D eigenvalue weighted by Crippen LogP contribution is 2.28. The first-order valence-electron chi connectivity index (χ1n) is 8.83. The van der Waals surface area contributed by atoms with Crippen molar-refractivity contribution in [1.82, 2.24) is 14.7 Å². The van der Waals surface area contributed by atoms with Crippen LogP contribution in [0.3, 0.4) is 0 Å².